The molecule has 0 saturated carbocycles. The summed E-state index contributed by atoms with van der Waals surface area (Å²) in [6, 6.07) is 0. The third-order valence-electron chi connectivity index (χ3n) is 1.51. The number of aliphatic hydroxyl groups excluding tert-OH is 1. The summed E-state index contributed by atoms with van der Waals surface area (Å²) in [5, 5.41) is 9.08. The minimum absolute atomic E-state index is 0.162. The Morgan fingerprint density at radius 1 is 1.64 bits per heavy atom. The van der Waals surface area contributed by atoms with Crippen molar-refractivity contribution in [1.82, 2.24) is 0 Å². The highest BCUT2D eigenvalue weighted by Gasteiger charge is 2.26. The van der Waals surface area contributed by atoms with Crippen molar-refractivity contribution in [3.63, 3.8) is 0 Å². The van der Waals surface area contributed by atoms with Crippen molar-refractivity contribution in [3.05, 3.63) is 24.0 Å². The summed E-state index contributed by atoms with van der Waals surface area (Å²) in [5.74, 6) is -1.80. The summed E-state index contributed by atoms with van der Waals surface area (Å²) in [7, 11) is 0. The van der Waals surface area contributed by atoms with Gasteiger partial charge >= 0.3 is 0 Å². The number of hydrogen-bond donors (Lipinski definition) is 1. The minimum atomic E-state index is -0.958. The summed E-state index contributed by atoms with van der Waals surface area (Å²) in [5.41, 5.74) is 0. The highest BCUT2D eigenvalue weighted by Crippen LogP contribution is 2.15. The van der Waals surface area contributed by atoms with Crippen molar-refractivity contribution in [3.8, 4) is 0 Å². The second-order valence-corrected chi connectivity index (χ2v) is 2.40. The standard InChI is InChI=1S/C8H8O3/c1-5(9)8-6(10)3-2-4-7(8)11/h2-4,8,10H,1H3. The first-order valence-electron chi connectivity index (χ1n) is 3.24. The molecule has 0 heterocycles. The van der Waals surface area contributed by atoms with Crippen molar-refractivity contribution in [2.45, 2.75) is 6.92 Å². The molecule has 0 aliphatic heterocycles. The smallest absolute Gasteiger partial charge is 0.173 e. The summed E-state index contributed by atoms with van der Waals surface area (Å²) in [4.78, 5) is 21.7. The van der Waals surface area contributed by atoms with Crippen LogP contribution in [0.15, 0.2) is 24.0 Å². The van der Waals surface area contributed by atoms with E-state index < -0.39 is 5.92 Å². The lowest BCUT2D eigenvalue weighted by atomic mass is 9.94. The molecule has 0 bridgehead atoms. The Kier molecular flexibility index (Phi) is 1.89. The van der Waals surface area contributed by atoms with Crippen LogP contribution < -0.4 is 0 Å². The van der Waals surface area contributed by atoms with Gasteiger partial charge in [-0.15, -0.1) is 0 Å². The number of allylic oxidation sites excluding steroid dienone is 4. The van der Waals surface area contributed by atoms with Gasteiger partial charge in [0.1, 0.15) is 17.5 Å². The summed E-state index contributed by atoms with van der Waals surface area (Å²) >= 11 is 0. The Labute approximate surface area is 64.0 Å². The molecule has 0 aromatic carbocycles. The van der Waals surface area contributed by atoms with E-state index in [0.29, 0.717) is 0 Å². The van der Waals surface area contributed by atoms with Gasteiger partial charge in [0.2, 0.25) is 0 Å². The molecule has 0 radical (unpaired) electrons. The molecule has 1 unspecified atom stereocenters. The van der Waals surface area contributed by atoms with Crippen molar-refractivity contribution in [2.75, 3.05) is 0 Å². The largest absolute Gasteiger partial charge is 0.511 e. The number of carbonyl (C=O) groups is 2. The predicted molar refractivity (Wildman–Crippen MR) is 39.0 cm³/mol. The molecule has 0 aromatic rings. The van der Waals surface area contributed by atoms with Gasteiger partial charge in [-0.3, -0.25) is 9.59 Å². The van der Waals surface area contributed by atoms with E-state index in [0.717, 1.165) is 0 Å². The second-order valence-electron chi connectivity index (χ2n) is 2.40. The van der Waals surface area contributed by atoms with Gasteiger partial charge in [-0.1, -0.05) is 6.08 Å². The molecule has 0 fully saturated rings. The lowest BCUT2D eigenvalue weighted by Gasteiger charge is -2.11. The van der Waals surface area contributed by atoms with Gasteiger partial charge in [0, 0.05) is 0 Å². The van der Waals surface area contributed by atoms with Gasteiger partial charge in [-0.05, 0) is 19.1 Å². The van der Waals surface area contributed by atoms with E-state index in [1.807, 2.05) is 0 Å². The molecular formula is C8H8O3. The van der Waals surface area contributed by atoms with Gasteiger partial charge in [-0.25, -0.2) is 0 Å². The van der Waals surface area contributed by atoms with Crippen LogP contribution in [0, 0.1) is 5.92 Å². The molecule has 0 saturated heterocycles. The summed E-state index contributed by atoms with van der Waals surface area (Å²) in [6.07, 6.45) is 4.07. The highest BCUT2D eigenvalue weighted by atomic mass is 16.3. The van der Waals surface area contributed by atoms with Gasteiger partial charge in [0.25, 0.3) is 0 Å². The van der Waals surface area contributed by atoms with E-state index in [1.54, 1.807) is 0 Å². The molecule has 1 aliphatic rings. The molecule has 0 spiro atoms. The molecule has 1 atom stereocenters. The van der Waals surface area contributed by atoms with Crippen LogP contribution in [0.1, 0.15) is 6.92 Å². The van der Waals surface area contributed by atoms with Crippen LogP contribution in [0.25, 0.3) is 0 Å². The third kappa shape index (κ3) is 1.37. The average molecular weight is 152 g/mol. The fourth-order valence-electron chi connectivity index (χ4n) is 0.988. The Balaban J connectivity index is 2.95. The van der Waals surface area contributed by atoms with E-state index in [1.165, 1.54) is 25.2 Å². The zero-order valence-corrected chi connectivity index (χ0v) is 6.07. The number of carbonyl (C=O) groups excluding carboxylic acids is 2. The maximum Gasteiger partial charge on any atom is 0.173 e. The van der Waals surface area contributed by atoms with E-state index in [9.17, 15) is 9.59 Å². The zero-order chi connectivity index (χ0) is 8.43. The van der Waals surface area contributed by atoms with Gasteiger partial charge < -0.3 is 5.11 Å². The van der Waals surface area contributed by atoms with Crippen molar-refractivity contribution < 1.29 is 14.7 Å². The zero-order valence-electron chi connectivity index (χ0n) is 6.07. The Hall–Kier alpha value is -1.38. The fraction of sp³-hybridized carbons (Fsp3) is 0.250. The molecule has 0 aromatic heterocycles. The molecule has 1 N–H and O–H groups in total. The molecule has 58 valence electrons. The van der Waals surface area contributed by atoms with Crippen LogP contribution >= 0.6 is 0 Å². The number of rotatable bonds is 1. The van der Waals surface area contributed by atoms with Crippen LogP contribution in [0.4, 0.5) is 0 Å². The molecule has 11 heavy (non-hydrogen) atoms. The Bertz CT molecular complexity index is 261. The molecule has 3 nitrogen and oxygen atoms in total. The fourth-order valence-corrected chi connectivity index (χ4v) is 0.988. The Morgan fingerprint density at radius 3 is 2.64 bits per heavy atom. The van der Waals surface area contributed by atoms with Gasteiger partial charge in [0.15, 0.2) is 5.78 Å². The monoisotopic (exact) mass is 152 g/mol. The van der Waals surface area contributed by atoms with Crippen LogP contribution in [0.5, 0.6) is 0 Å². The molecule has 0 amide bonds. The van der Waals surface area contributed by atoms with Crippen LogP contribution in [-0.2, 0) is 9.59 Å². The lowest BCUT2D eigenvalue weighted by Crippen LogP contribution is -2.24. The Morgan fingerprint density at radius 2 is 2.27 bits per heavy atom. The van der Waals surface area contributed by atoms with Crippen LogP contribution in [-0.4, -0.2) is 16.7 Å². The van der Waals surface area contributed by atoms with E-state index in [2.05, 4.69) is 0 Å². The SMILES string of the molecule is CC(=O)C1C(=O)C=CC=C1O. The quantitative estimate of drug-likeness (QED) is 0.564. The first-order chi connectivity index (χ1) is 5.13. The minimum Gasteiger partial charge on any atom is -0.511 e. The first kappa shape index (κ1) is 7.72. The van der Waals surface area contributed by atoms with Crippen molar-refractivity contribution >= 4 is 11.6 Å². The molecular weight excluding hydrogens is 144 g/mol. The number of ketones is 2. The average Bonchev–Trinajstić information content (AvgIpc) is 1.85. The summed E-state index contributed by atoms with van der Waals surface area (Å²) < 4.78 is 0. The van der Waals surface area contributed by atoms with Crippen molar-refractivity contribution in [2.24, 2.45) is 5.92 Å². The van der Waals surface area contributed by atoms with Gasteiger partial charge in [0.05, 0.1) is 0 Å². The topological polar surface area (TPSA) is 54.4 Å². The number of Topliss-reactive ketones (excluding diaryl/α,β-unsaturated/α-hetero) is 1. The van der Waals surface area contributed by atoms with Crippen molar-refractivity contribution in [1.29, 1.82) is 0 Å². The third-order valence-corrected chi connectivity index (χ3v) is 1.51. The van der Waals surface area contributed by atoms with Crippen LogP contribution in [0.2, 0.25) is 0 Å². The maximum absolute atomic E-state index is 10.9. The number of aliphatic hydroxyl groups is 1. The molecule has 1 aliphatic carbocycles. The second kappa shape index (κ2) is 2.70. The predicted octanol–water partition coefficient (Wildman–Crippen LogP) is 0.772. The molecule has 3 heteroatoms. The highest BCUT2D eigenvalue weighted by molar-refractivity contribution is 6.09. The lowest BCUT2D eigenvalue weighted by molar-refractivity contribution is -0.128. The van der Waals surface area contributed by atoms with E-state index in [4.69, 9.17) is 5.11 Å². The molecule has 1 rings (SSSR count). The maximum atomic E-state index is 10.9. The normalized spacial score (nSPS) is 23.2. The summed E-state index contributed by atoms with van der Waals surface area (Å²) in [6.45, 7) is 1.28. The van der Waals surface area contributed by atoms with Gasteiger partial charge in [-0.2, -0.15) is 0 Å². The van der Waals surface area contributed by atoms with Crippen LogP contribution in [0.3, 0.4) is 0 Å². The first-order valence-corrected chi connectivity index (χ1v) is 3.24. The number of hydrogen-bond acceptors (Lipinski definition) is 3. The van der Waals surface area contributed by atoms with E-state index in [-0.39, 0.29) is 17.3 Å². The van der Waals surface area contributed by atoms with E-state index >= 15 is 0 Å².